The summed E-state index contributed by atoms with van der Waals surface area (Å²) >= 11 is 0. The summed E-state index contributed by atoms with van der Waals surface area (Å²) in [4.78, 5) is 10.7. The van der Waals surface area contributed by atoms with Crippen LogP contribution in [0.4, 0.5) is 4.39 Å². The average molecular weight is 248 g/mol. The first-order valence-electron chi connectivity index (χ1n) is 5.59. The van der Waals surface area contributed by atoms with Gasteiger partial charge in [-0.3, -0.25) is 9.89 Å². The number of aromatic nitrogens is 2. The molecule has 0 radical (unpaired) electrons. The normalized spacial score (nSPS) is 12.3. The van der Waals surface area contributed by atoms with Crippen molar-refractivity contribution in [2.24, 2.45) is 5.92 Å². The molecule has 0 spiro atoms. The number of hydrogen-bond donors (Lipinski definition) is 2. The summed E-state index contributed by atoms with van der Waals surface area (Å²) in [6, 6.07) is 7.86. The Hall–Kier alpha value is -2.17. The van der Waals surface area contributed by atoms with E-state index >= 15 is 0 Å². The van der Waals surface area contributed by atoms with E-state index in [1.54, 1.807) is 25.1 Å². The van der Waals surface area contributed by atoms with Gasteiger partial charge in [-0.25, -0.2) is 4.39 Å². The maximum atomic E-state index is 13.1. The van der Waals surface area contributed by atoms with Gasteiger partial charge in [0.25, 0.3) is 0 Å². The molecule has 94 valence electrons. The summed E-state index contributed by atoms with van der Waals surface area (Å²) in [5.74, 6) is -1.65. The lowest BCUT2D eigenvalue weighted by Crippen LogP contribution is -2.12. The number of aliphatic carboxylic acids is 1. The van der Waals surface area contributed by atoms with E-state index < -0.39 is 11.9 Å². The van der Waals surface area contributed by atoms with Gasteiger partial charge < -0.3 is 5.11 Å². The molecule has 1 atom stereocenters. The summed E-state index contributed by atoms with van der Waals surface area (Å²) in [6.07, 6.45) is 0.373. The van der Waals surface area contributed by atoms with Crippen molar-refractivity contribution >= 4 is 5.97 Å². The van der Waals surface area contributed by atoms with Gasteiger partial charge in [0, 0.05) is 17.7 Å². The van der Waals surface area contributed by atoms with Crippen LogP contribution < -0.4 is 0 Å². The van der Waals surface area contributed by atoms with Gasteiger partial charge in [-0.1, -0.05) is 19.1 Å². The Labute approximate surface area is 103 Å². The maximum absolute atomic E-state index is 13.1. The lowest BCUT2D eigenvalue weighted by atomic mass is 10.1. The second-order valence-electron chi connectivity index (χ2n) is 4.23. The molecule has 0 aliphatic rings. The van der Waals surface area contributed by atoms with Gasteiger partial charge in [0.2, 0.25) is 0 Å². The fraction of sp³-hybridized carbons (Fsp3) is 0.231. The van der Waals surface area contributed by atoms with Crippen LogP contribution in [0.1, 0.15) is 12.6 Å². The summed E-state index contributed by atoms with van der Waals surface area (Å²) in [6.45, 7) is 1.63. The number of halogens is 1. The van der Waals surface area contributed by atoms with Crippen molar-refractivity contribution < 1.29 is 14.3 Å². The van der Waals surface area contributed by atoms with Crippen molar-refractivity contribution in [3.8, 4) is 11.3 Å². The molecular formula is C13H13FN2O2. The highest BCUT2D eigenvalue weighted by molar-refractivity contribution is 5.70. The molecule has 0 saturated carbocycles. The molecule has 0 aliphatic carbocycles. The van der Waals surface area contributed by atoms with E-state index in [1.807, 2.05) is 0 Å². The molecule has 0 fully saturated rings. The van der Waals surface area contributed by atoms with Gasteiger partial charge in [-0.15, -0.1) is 0 Å². The smallest absolute Gasteiger partial charge is 0.306 e. The Balaban J connectivity index is 2.18. The number of carboxylic acid groups (broad SMARTS) is 1. The molecule has 0 saturated heterocycles. The highest BCUT2D eigenvalue weighted by atomic mass is 19.1. The number of nitrogens with zero attached hydrogens (tertiary/aromatic N) is 1. The maximum Gasteiger partial charge on any atom is 0.306 e. The number of nitrogens with one attached hydrogen (secondary N) is 1. The first-order valence-corrected chi connectivity index (χ1v) is 5.59. The van der Waals surface area contributed by atoms with E-state index in [4.69, 9.17) is 5.11 Å². The quantitative estimate of drug-likeness (QED) is 0.873. The van der Waals surface area contributed by atoms with Crippen molar-refractivity contribution in [2.45, 2.75) is 13.3 Å². The van der Waals surface area contributed by atoms with E-state index in [9.17, 15) is 9.18 Å². The largest absolute Gasteiger partial charge is 0.481 e. The van der Waals surface area contributed by atoms with Crippen LogP contribution in [0.25, 0.3) is 11.3 Å². The van der Waals surface area contributed by atoms with Crippen molar-refractivity contribution in [1.29, 1.82) is 0 Å². The van der Waals surface area contributed by atoms with Gasteiger partial charge in [0.15, 0.2) is 0 Å². The van der Waals surface area contributed by atoms with Crippen LogP contribution in [0.5, 0.6) is 0 Å². The fourth-order valence-corrected chi connectivity index (χ4v) is 1.68. The molecule has 5 heteroatoms. The van der Waals surface area contributed by atoms with Crippen molar-refractivity contribution in [3.63, 3.8) is 0 Å². The molecule has 1 unspecified atom stereocenters. The predicted octanol–water partition coefficient (Wildman–Crippen LogP) is 2.48. The Kier molecular flexibility index (Phi) is 3.41. The molecule has 4 nitrogen and oxygen atoms in total. The monoisotopic (exact) mass is 248 g/mol. The Morgan fingerprint density at radius 2 is 2.28 bits per heavy atom. The molecule has 0 amide bonds. The minimum atomic E-state index is -0.850. The van der Waals surface area contributed by atoms with Crippen LogP contribution in [0.2, 0.25) is 0 Å². The van der Waals surface area contributed by atoms with Crippen molar-refractivity contribution in [2.75, 3.05) is 0 Å². The van der Waals surface area contributed by atoms with E-state index in [-0.39, 0.29) is 5.82 Å². The Morgan fingerprint density at radius 3 is 2.94 bits per heavy atom. The molecule has 1 heterocycles. The third kappa shape index (κ3) is 2.74. The van der Waals surface area contributed by atoms with Crippen LogP contribution in [-0.4, -0.2) is 21.3 Å². The van der Waals surface area contributed by atoms with E-state index in [2.05, 4.69) is 10.2 Å². The summed E-state index contributed by atoms with van der Waals surface area (Å²) in [5, 5.41) is 15.6. The number of carboxylic acids is 1. The third-order valence-electron chi connectivity index (χ3n) is 2.70. The Bertz CT molecular complexity index is 566. The first-order chi connectivity index (χ1) is 8.56. The lowest BCUT2D eigenvalue weighted by Gasteiger charge is -2.02. The summed E-state index contributed by atoms with van der Waals surface area (Å²) in [7, 11) is 0. The minimum absolute atomic E-state index is 0.323. The van der Waals surface area contributed by atoms with Gasteiger partial charge in [-0.05, 0) is 18.2 Å². The van der Waals surface area contributed by atoms with Gasteiger partial charge >= 0.3 is 5.97 Å². The standard InChI is InChI=1S/C13H13FN2O2/c1-8(13(17)18)5-11-7-12(16-15-11)9-3-2-4-10(14)6-9/h2-4,6-8H,5H2,1H3,(H,15,16)(H,17,18). The zero-order chi connectivity index (χ0) is 13.1. The molecule has 1 aromatic heterocycles. The van der Waals surface area contributed by atoms with E-state index in [0.29, 0.717) is 17.7 Å². The third-order valence-corrected chi connectivity index (χ3v) is 2.70. The summed E-state index contributed by atoms with van der Waals surface area (Å²) < 4.78 is 13.1. The second kappa shape index (κ2) is 5.00. The van der Waals surface area contributed by atoms with Crippen LogP contribution >= 0.6 is 0 Å². The molecular weight excluding hydrogens is 235 g/mol. The molecule has 1 aromatic carbocycles. The van der Waals surface area contributed by atoms with Crippen LogP contribution in [-0.2, 0) is 11.2 Å². The van der Waals surface area contributed by atoms with Crippen LogP contribution in [0, 0.1) is 11.7 Å². The number of hydrogen-bond acceptors (Lipinski definition) is 2. The Morgan fingerprint density at radius 1 is 1.50 bits per heavy atom. The topological polar surface area (TPSA) is 66.0 Å². The van der Waals surface area contributed by atoms with Gasteiger partial charge in [0.1, 0.15) is 5.82 Å². The number of H-pyrrole nitrogens is 1. The zero-order valence-corrected chi connectivity index (χ0v) is 9.85. The molecule has 0 aliphatic heterocycles. The molecule has 0 bridgehead atoms. The van der Waals surface area contributed by atoms with Crippen molar-refractivity contribution in [1.82, 2.24) is 10.2 Å². The fourth-order valence-electron chi connectivity index (χ4n) is 1.68. The highest BCUT2D eigenvalue weighted by Crippen LogP contribution is 2.19. The molecule has 18 heavy (non-hydrogen) atoms. The molecule has 2 aromatic rings. The average Bonchev–Trinajstić information content (AvgIpc) is 2.77. The van der Waals surface area contributed by atoms with Crippen LogP contribution in [0.15, 0.2) is 30.3 Å². The number of benzene rings is 1. The van der Waals surface area contributed by atoms with Gasteiger partial charge in [0.05, 0.1) is 11.6 Å². The SMILES string of the molecule is CC(Cc1cc(-c2cccc(F)c2)n[nH]1)C(=O)O. The highest BCUT2D eigenvalue weighted by Gasteiger charge is 2.13. The van der Waals surface area contributed by atoms with Crippen molar-refractivity contribution in [3.05, 3.63) is 41.8 Å². The predicted molar refractivity (Wildman–Crippen MR) is 64.5 cm³/mol. The van der Waals surface area contributed by atoms with Crippen LogP contribution in [0.3, 0.4) is 0 Å². The van der Waals surface area contributed by atoms with Gasteiger partial charge in [-0.2, -0.15) is 5.10 Å². The summed E-state index contributed by atoms with van der Waals surface area (Å²) in [5.41, 5.74) is 2.01. The molecule has 2 rings (SSSR count). The zero-order valence-electron chi connectivity index (χ0n) is 9.85. The minimum Gasteiger partial charge on any atom is -0.481 e. The number of rotatable bonds is 4. The first kappa shape index (κ1) is 12.3. The van der Waals surface area contributed by atoms with E-state index in [0.717, 1.165) is 5.69 Å². The van der Waals surface area contributed by atoms with E-state index in [1.165, 1.54) is 12.1 Å². The second-order valence-corrected chi connectivity index (χ2v) is 4.23. The number of carbonyl (C=O) groups is 1. The number of aromatic amines is 1. The lowest BCUT2D eigenvalue weighted by molar-refractivity contribution is -0.141. The molecule has 2 N–H and O–H groups in total.